The summed E-state index contributed by atoms with van der Waals surface area (Å²) in [5.41, 5.74) is 2.61. The fourth-order valence-corrected chi connectivity index (χ4v) is 5.38. The lowest BCUT2D eigenvalue weighted by Crippen LogP contribution is -2.36. The molecule has 1 aliphatic carbocycles. The molecule has 1 fully saturated rings. The van der Waals surface area contributed by atoms with E-state index in [1.54, 1.807) is 0 Å². The lowest BCUT2D eigenvalue weighted by Gasteiger charge is -2.25. The monoisotopic (exact) mass is 395 g/mol. The van der Waals surface area contributed by atoms with Crippen molar-refractivity contribution in [2.75, 3.05) is 26.3 Å². The fraction of sp³-hybridized carbons (Fsp3) is 0.455. The minimum atomic E-state index is 0.730. The van der Waals surface area contributed by atoms with Gasteiger partial charge < -0.3 is 9.47 Å². The van der Waals surface area contributed by atoms with Gasteiger partial charge in [-0.3, -0.25) is 4.90 Å². The van der Waals surface area contributed by atoms with Crippen LogP contribution in [0.1, 0.15) is 35.2 Å². The second kappa shape index (κ2) is 7.78. The number of rotatable bonds is 5. The van der Waals surface area contributed by atoms with Gasteiger partial charge in [-0.15, -0.1) is 11.3 Å². The SMILES string of the molecule is CCc1ccccc1Oc1nc(CN2CCOCC2)nc2sc3c(c12)CCC3. The first-order chi connectivity index (χ1) is 13.8. The first kappa shape index (κ1) is 18.0. The molecule has 28 heavy (non-hydrogen) atoms. The van der Waals surface area contributed by atoms with E-state index in [4.69, 9.17) is 19.4 Å². The maximum absolute atomic E-state index is 6.44. The number of fused-ring (bicyclic) bond motifs is 3. The second-order valence-corrected chi connectivity index (χ2v) is 8.52. The van der Waals surface area contributed by atoms with Gasteiger partial charge in [0.1, 0.15) is 16.4 Å². The molecule has 0 bridgehead atoms. The number of nitrogens with zero attached hydrogens (tertiary/aromatic N) is 3. The largest absolute Gasteiger partial charge is 0.438 e. The predicted octanol–water partition coefficient (Wildman–Crippen LogP) is 4.37. The lowest BCUT2D eigenvalue weighted by atomic mass is 10.1. The Morgan fingerprint density at radius 1 is 1.14 bits per heavy atom. The van der Waals surface area contributed by atoms with E-state index in [-0.39, 0.29) is 0 Å². The molecule has 146 valence electrons. The zero-order chi connectivity index (χ0) is 18.9. The van der Waals surface area contributed by atoms with Crippen molar-refractivity contribution in [3.63, 3.8) is 0 Å². The van der Waals surface area contributed by atoms with Gasteiger partial charge in [-0.1, -0.05) is 25.1 Å². The van der Waals surface area contributed by atoms with Crippen molar-refractivity contribution >= 4 is 21.6 Å². The molecular formula is C22H25N3O2S. The maximum Gasteiger partial charge on any atom is 0.231 e. The quantitative estimate of drug-likeness (QED) is 0.642. The molecule has 1 aromatic carbocycles. The molecule has 0 amide bonds. The Morgan fingerprint density at radius 3 is 2.86 bits per heavy atom. The Bertz CT molecular complexity index is 995. The molecule has 0 saturated carbocycles. The Morgan fingerprint density at radius 2 is 2.00 bits per heavy atom. The average Bonchev–Trinajstić information content (AvgIpc) is 3.30. The van der Waals surface area contributed by atoms with Gasteiger partial charge in [0, 0.05) is 18.0 Å². The molecule has 0 spiro atoms. The Hall–Kier alpha value is -2.02. The molecule has 2 aromatic heterocycles. The first-order valence-corrected chi connectivity index (χ1v) is 11.0. The lowest BCUT2D eigenvalue weighted by molar-refractivity contribution is 0.0330. The highest BCUT2D eigenvalue weighted by atomic mass is 32.1. The van der Waals surface area contributed by atoms with E-state index >= 15 is 0 Å². The Labute approximate surface area is 169 Å². The number of hydrogen-bond acceptors (Lipinski definition) is 6. The van der Waals surface area contributed by atoms with Crippen LogP contribution in [0.25, 0.3) is 10.2 Å². The highest BCUT2D eigenvalue weighted by Crippen LogP contribution is 2.42. The van der Waals surface area contributed by atoms with E-state index in [2.05, 4.69) is 24.0 Å². The Kier molecular flexibility index (Phi) is 5.01. The first-order valence-electron chi connectivity index (χ1n) is 10.2. The summed E-state index contributed by atoms with van der Waals surface area (Å²) in [6, 6.07) is 8.26. The normalized spacial score (nSPS) is 17.2. The predicted molar refractivity (Wildman–Crippen MR) is 111 cm³/mol. The van der Waals surface area contributed by atoms with E-state index in [9.17, 15) is 0 Å². The summed E-state index contributed by atoms with van der Waals surface area (Å²) >= 11 is 1.82. The molecule has 0 N–H and O–H groups in total. The molecule has 0 radical (unpaired) electrons. The summed E-state index contributed by atoms with van der Waals surface area (Å²) in [4.78, 5) is 14.7. The smallest absolute Gasteiger partial charge is 0.231 e. The van der Waals surface area contributed by atoms with Crippen molar-refractivity contribution < 1.29 is 9.47 Å². The molecule has 0 atom stereocenters. The topological polar surface area (TPSA) is 47.5 Å². The third-order valence-corrected chi connectivity index (χ3v) is 6.79. The number of hydrogen-bond donors (Lipinski definition) is 0. The number of benzene rings is 1. The van der Waals surface area contributed by atoms with Crippen molar-refractivity contribution in [3.05, 3.63) is 46.1 Å². The third kappa shape index (κ3) is 3.41. The van der Waals surface area contributed by atoms with E-state index in [0.717, 1.165) is 79.8 Å². The van der Waals surface area contributed by atoms with E-state index in [1.807, 2.05) is 23.5 Å². The number of thiophene rings is 1. The standard InChI is InChI=1S/C22H25N3O2S/c1-2-15-6-3-4-8-17(15)27-21-20-16-7-5-9-18(16)28-22(20)24-19(23-21)14-25-10-12-26-13-11-25/h3-4,6,8H,2,5,7,9-14H2,1H3. The molecule has 0 unspecified atom stereocenters. The molecular weight excluding hydrogens is 370 g/mol. The summed E-state index contributed by atoms with van der Waals surface area (Å²) in [5, 5.41) is 1.13. The van der Waals surface area contributed by atoms with Crippen LogP contribution in [-0.2, 0) is 30.5 Å². The summed E-state index contributed by atoms with van der Waals surface area (Å²) in [5.74, 6) is 2.48. The van der Waals surface area contributed by atoms with Crippen LogP contribution in [0.5, 0.6) is 11.6 Å². The summed E-state index contributed by atoms with van der Waals surface area (Å²) in [6.45, 7) is 6.32. The third-order valence-electron chi connectivity index (χ3n) is 5.61. The molecule has 3 heterocycles. The van der Waals surface area contributed by atoms with Crippen LogP contribution in [0.3, 0.4) is 0 Å². The van der Waals surface area contributed by atoms with E-state index in [1.165, 1.54) is 22.4 Å². The molecule has 6 heteroatoms. The van der Waals surface area contributed by atoms with Crippen LogP contribution in [0.4, 0.5) is 0 Å². The van der Waals surface area contributed by atoms with Gasteiger partial charge in [-0.05, 0) is 42.9 Å². The van der Waals surface area contributed by atoms with Crippen molar-refractivity contribution in [2.24, 2.45) is 0 Å². The summed E-state index contributed by atoms with van der Waals surface area (Å²) in [6.07, 6.45) is 4.41. The Balaban J connectivity index is 1.56. The highest BCUT2D eigenvalue weighted by Gasteiger charge is 2.24. The van der Waals surface area contributed by atoms with E-state index in [0.29, 0.717) is 0 Å². The minimum absolute atomic E-state index is 0.730. The van der Waals surface area contributed by atoms with Crippen molar-refractivity contribution in [3.8, 4) is 11.6 Å². The maximum atomic E-state index is 6.44. The van der Waals surface area contributed by atoms with Crippen LogP contribution >= 0.6 is 11.3 Å². The zero-order valence-corrected chi connectivity index (χ0v) is 17.1. The van der Waals surface area contributed by atoms with Crippen molar-refractivity contribution in [1.29, 1.82) is 0 Å². The van der Waals surface area contributed by atoms with Crippen LogP contribution in [0, 0.1) is 0 Å². The molecule has 3 aromatic rings. The minimum Gasteiger partial charge on any atom is -0.438 e. The van der Waals surface area contributed by atoms with Gasteiger partial charge >= 0.3 is 0 Å². The number of morpholine rings is 1. The van der Waals surface area contributed by atoms with Gasteiger partial charge in [0.2, 0.25) is 5.88 Å². The van der Waals surface area contributed by atoms with Gasteiger partial charge in [-0.25, -0.2) is 4.98 Å². The van der Waals surface area contributed by atoms with Crippen molar-refractivity contribution in [2.45, 2.75) is 39.2 Å². The van der Waals surface area contributed by atoms with Crippen LogP contribution in [-0.4, -0.2) is 41.2 Å². The molecule has 5 rings (SSSR count). The summed E-state index contributed by atoms with van der Waals surface area (Å²) < 4.78 is 11.9. The van der Waals surface area contributed by atoms with E-state index < -0.39 is 0 Å². The van der Waals surface area contributed by atoms with Crippen molar-refractivity contribution in [1.82, 2.24) is 14.9 Å². The van der Waals surface area contributed by atoms with Gasteiger partial charge in [0.25, 0.3) is 0 Å². The van der Waals surface area contributed by atoms with Crippen LogP contribution in [0.2, 0.25) is 0 Å². The number of aromatic nitrogens is 2. The zero-order valence-electron chi connectivity index (χ0n) is 16.2. The number of para-hydroxylation sites is 1. The number of ether oxygens (including phenoxy) is 2. The molecule has 1 saturated heterocycles. The van der Waals surface area contributed by atoms with Gasteiger partial charge in [0.15, 0.2) is 0 Å². The fourth-order valence-electron chi connectivity index (χ4n) is 4.11. The van der Waals surface area contributed by atoms with Crippen LogP contribution < -0.4 is 4.74 Å². The average molecular weight is 396 g/mol. The summed E-state index contributed by atoms with van der Waals surface area (Å²) in [7, 11) is 0. The molecule has 2 aliphatic rings. The molecule has 1 aliphatic heterocycles. The highest BCUT2D eigenvalue weighted by molar-refractivity contribution is 7.19. The van der Waals surface area contributed by atoms with Gasteiger partial charge in [0.05, 0.1) is 25.1 Å². The number of aryl methyl sites for hydroxylation is 3. The van der Waals surface area contributed by atoms with Gasteiger partial charge in [-0.2, -0.15) is 4.98 Å². The molecule has 5 nitrogen and oxygen atoms in total. The second-order valence-electron chi connectivity index (χ2n) is 7.43. The van der Waals surface area contributed by atoms with Crippen LogP contribution in [0.15, 0.2) is 24.3 Å².